The predicted octanol–water partition coefficient (Wildman–Crippen LogP) is 2.42. The minimum absolute atomic E-state index is 0.767. The van der Waals surface area contributed by atoms with Gasteiger partial charge < -0.3 is 4.74 Å². The molecule has 0 unspecified atom stereocenters. The van der Waals surface area contributed by atoms with Gasteiger partial charge in [0.15, 0.2) is 0 Å². The Morgan fingerprint density at radius 1 is 1.47 bits per heavy atom. The average Bonchev–Trinajstić information content (AvgIpc) is 3.08. The van der Waals surface area contributed by atoms with Gasteiger partial charge in [0.2, 0.25) is 0 Å². The number of hydrogen-bond acceptors (Lipinski definition) is 3. The summed E-state index contributed by atoms with van der Waals surface area (Å²) in [7, 11) is 0. The second-order valence-corrected chi connectivity index (χ2v) is 3.79. The fourth-order valence-corrected chi connectivity index (χ4v) is 1.34. The molecule has 0 saturated heterocycles. The van der Waals surface area contributed by atoms with Gasteiger partial charge >= 0.3 is 0 Å². The van der Waals surface area contributed by atoms with Crippen LogP contribution in [0.15, 0.2) is 30.5 Å². The van der Waals surface area contributed by atoms with Gasteiger partial charge in [-0.1, -0.05) is 12.1 Å². The highest BCUT2D eigenvalue weighted by molar-refractivity contribution is 5.51. The summed E-state index contributed by atoms with van der Waals surface area (Å²) in [6.45, 7) is 0.825. The van der Waals surface area contributed by atoms with Crippen molar-refractivity contribution in [1.82, 2.24) is 5.48 Å². The molecule has 0 amide bonds. The molecule has 1 aliphatic rings. The molecule has 0 radical (unpaired) electrons. The van der Waals surface area contributed by atoms with E-state index in [0.29, 0.717) is 0 Å². The lowest BCUT2D eigenvalue weighted by molar-refractivity contribution is 0.215. The Hall–Kier alpha value is -1.48. The maximum atomic E-state index is 8.41. The van der Waals surface area contributed by atoms with E-state index >= 15 is 0 Å². The lowest BCUT2D eigenvalue weighted by Crippen LogP contribution is -1.98. The van der Waals surface area contributed by atoms with E-state index < -0.39 is 0 Å². The van der Waals surface area contributed by atoms with Crippen LogP contribution < -0.4 is 10.2 Å². The lowest BCUT2D eigenvalue weighted by atomic mass is 10.2. The van der Waals surface area contributed by atoms with E-state index in [2.05, 4.69) is 0 Å². The molecule has 2 rings (SSSR count). The largest absolute Gasteiger partial charge is 0.493 e. The van der Waals surface area contributed by atoms with Gasteiger partial charge in [0.05, 0.1) is 6.61 Å². The van der Waals surface area contributed by atoms with Crippen LogP contribution in [0.4, 0.5) is 0 Å². The smallest absolute Gasteiger partial charge is 0.119 e. The monoisotopic (exact) mass is 205 g/mol. The first-order chi connectivity index (χ1) is 7.38. The van der Waals surface area contributed by atoms with Gasteiger partial charge in [-0.2, -0.15) is 0 Å². The van der Waals surface area contributed by atoms with Crippen LogP contribution in [-0.4, -0.2) is 11.8 Å². The van der Waals surface area contributed by atoms with Crippen LogP contribution in [-0.2, 0) is 0 Å². The van der Waals surface area contributed by atoms with E-state index in [1.807, 2.05) is 29.7 Å². The van der Waals surface area contributed by atoms with E-state index in [0.717, 1.165) is 23.8 Å². The number of benzene rings is 1. The second-order valence-electron chi connectivity index (χ2n) is 3.79. The molecule has 0 aromatic heterocycles. The summed E-state index contributed by atoms with van der Waals surface area (Å²) < 4.78 is 5.63. The van der Waals surface area contributed by atoms with Gasteiger partial charge in [0, 0.05) is 6.20 Å². The Morgan fingerprint density at radius 3 is 3.07 bits per heavy atom. The lowest BCUT2D eigenvalue weighted by Gasteiger charge is -2.05. The van der Waals surface area contributed by atoms with Crippen LogP contribution in [0.25, 0.3) is 6.08 Å². The standard InChI is InChI=1S/C12H15NO2/c14-13-7-6-10-2-1-3-12(8-10)15-9-11-4-5-11/h1-3,6-8,11,13-14H,4-5,9H2/b7-6+. The zero-order chi connectivity index (χ0) is 10.5. The number of rotatable bonds is 5. The molecule has 3 nitrogen and oxygen atoms in total. The molecule has 1 aromatic carbocycles. The van der Waals surface area contributed by atoms with Crippen molar-refractivity contribution in [2.24, 2.45) is 5.92 Å². The summed E-state index contributed by atoms with van der Waals surface area (Å²) in [6, 6.07) is 7.80. The van der Waals surface area contributed by atoms with E-state index in [1.165, 1.54) is 19.0 Å². The predicted molar refractivity (Wildman–Crippen MR) is 58.6 cm³/mol. The maximum absolute atomic E-state index is 8.41. The summed E-state index contributed by atoms with van der Waals surface area (Å²) in [6.07, 6.45) is 5.85. The van der Waals surface area contributed by atoms with Crippen molar-refractivity contribution in [2.75, 3.05) is 6.61 Å². The summed E-state index contributed by atoms with van der Waals surface area (Å²) >= 11 is 0. The second kappa shape index (κ2) is 4.84. The van der Waals surface area contributed by atoms with Crippen LogP contribution in [0.3, 0.4) is 0 Å². The van der Waals surface area contributed by atoms with E-state index in [9.17, 15) is 0 Å². The van der Waals surface area contributed by atoms with Gasteiger partial charge in [0.25, 0.3) is 0 Å². The fraction of sp³-hybridized carbons (Fsp3) is 0.333. The Bertz CT molecular complexity index is 345. The Kier molecular flexibility index (Phi) is 3.25. The first-order valence-corrected chi connectivity index (χ1v) is 5.17. The van der Waals surface area contributed by atoms with Crippen LogP contribution >= 0.6 is 0 Å². The number of nitrogens with one attached hydrogen (secondary N) is 1. The van der Waals surface area contributed by atoms with Crippen molar-refractivity contribution in [3.63, 3.8) is 0 Å². The number of ether oxygens (including phenoxy) is 1. The average molecular weight is 205 g/mol. The highest BCUT2D eigenvalue weighted by Crippen LogP contribution is 2.29. The first kappa shape index (κ1) is 10.1. The third kappa shape index (κ3) is 3.29. The van der Waals surface area contributed by atoms with Crippen LogP contribution in [0.5, 0.6) is 5.75 Å². The van der Waals surface area contributed by atoms with Crippen LogP contribution in [0, 0.1) is 5.92 Å². The van der Waals surface area contributed by atoms with Crippen molar-refractivity contribution >= 4 is 6.08 Å². The fourth-order valence-electron chi connectivity index (χ4n) is 1.34. The highest BCUT2D eigenvalue weighted by Gasteiger charge is 2.21. The third-order valence-corrected chi connectivity index (χ3v) is 2.39. The summed E-state index contributed by atoms with van der Waals surface area (Å²) in [5.41, 5.74) is 2.98. The quantitative estimate of drug-likeness (QED) is 0.725. The minimum atomic E-state index is 0.767. The highest BCUT2D eigenvalue weighted by atomic mass is 16.5. The van der Waals surface area contributed by atoms with E-state index in [4.69, 9.17) is 9.94 Å². The Labute approximate surface area is 89.3 Å². The molecule has 0 heterocycles. The molecule has 15 heavy (non-hydrogen) atoms. The van der Waals surface area contributed by atoms with Gasteiger partial charge in [-0.15, -0.1) is 0 Å². The molecule has 1 saturated carbocycles. The molecule has 1 aliphatic carbocycles. The van der Waals surface area contributed by atoms with E-state index in [1.54, 1.807) is 6.08 Å². The van der Waals surface area contributed by atoms with E-state index in [-0.39, 0.29) is 0 Å². The summed E-state index contributed by atoms with van der Waals surface area (Å²) in [5, 5.41) is 8.41. The first-order valence-electron chi connectivity index (χ1n) is 5.17. The van der Waals surface area contributed by atoms with Crippen LogP contribution in [0.2, 0.25) is 0 Å². The zero-order valence-electron chi connectivity index (χ0n) is 8.52. The molecular weight excluding hydrogens is 190 g/mol. The van der Waals surface area contributed by atoms with Crippen molar-refractivity contribution in [3.8, 4) is 5.75 Å². The van der Waals surface area contributed by atoms with Gasteiger partial charge in [-0.3, -0.25) is 10.7 Å². The summed E-state index contributed by atoms with van der Waals surface area (Å²) in [4.78, 5) is 0. The molecule has 0 atom stereocenters. The molecular formula is C12H15NO2. The number of hydroxylamine groups is 1. The van der Waals surface area contributed by atoms with Gasteiger partial charge in [-0.05, 0) is 42.5 Å². The van der Waals surface area contributed by atoms with Crippen molar-refractivity contribution in [1.29, 1.82) is 0 Å². The molecule has 2 N–H and O–H groups in total. The third-order valence-electron chi connectivity index (χ3n) is 2.39. The topological polar surface area (TPSA) is 41.5 Å². The Balaban J connectivity index is 1.94. The van der Waals surface area contributed by atoms with Crippen molar-refractivity contribution in [2.45, 2.75) is 12.8 Å². The van der Waals surface area contributed by atoms with Crippen molar-refractivity contribution < 1.29 is 9.94 Å². The maximum Gasteiger partial charge on any atom is 0.119 e. The SMILES string of the molecule is ON/C=C/c1cccc(OCC2CC2)c1. The molecule has 1 fully saturated rings. The molecule has 1 aromatic rings. The van der Waals surface area contributed by atoms with Crippen molar-refractivity contribution in [3.05, 3.63) is 36.0 Å². The molecule has 0 bridgehead atoms. The molecule has 0 spiro atoms. The van der Waals surface area contributed by atoms with Gasteiger partial charge in [0.1, 0.15) is 5.75 Å². The van der Waals surface area contributed by atoms with Crippen LogP contribution in [0.1, 0.15) is 18.4 Å². The number of hydrogen-bond donors (Lipinski definition) is 2. The Morgan fingerprint density at radius 2 is 2.33 bits per heavy atom. The molecule has 3 heteroatoms. The molecule has 0 aliphatic heterocycles. The minimum Gasteiger partial charge on any atom is -0.493 e. The van der Waals surface area contributed by atoms with Gasteiger partial charge in [-0.25, -0.2) is 0 Å². The zero-order valence-corrected chi connectivity index (χ0v) is 8.52. The summed E-state index contributed by atoms with van der Waals surface area (Å²) in [5.74, 6) is 1.66. The molecule has 80 valence electrons. The normalized spacial score (nSPS) is 15.5.